The number of carboxylic acid groups (broad SMARTS) is 1. The lowest BCUT2D eigenvalue weighted by Crippen LogP contribution is -2.41. The van der Waals surface area contributed by atoms with Crippen LogP contribution in [0.15, 0.2) is 42.5 Å². The van der Waals surface area contributed by atoms with Gasteiger partial charge in [-0.15, -0.1) is 0 Å². The summed E-state index contributed by atoms with van der Waals surface area (Å²) in [6.07, 6.45) is -3.01. The number of aliphatic carboxylic acids is 1. The highest BCUT2D eigenvalue weighted by Crippen LogP contribution is 2.36. The molecule has 3 rings (SSSR count). The van der Waals surface area contributed by atoms with E-state index in [1.54, 1.807) is 0 Å². The van der Waals surface area contributed by atoms with Gasteiger partial charge >= 0.3 is 12.1 Å². The largest absolute Gasteiger partial charge is 0.481 e. The first-order chi connectivity index (χ1) is 13.1. The molecule has 0 radical (unpaired) electrons. The fraction of sp³-hybridized carbons (Fsp3) is 0.409. The Kier molecular flexibility index (Phi) is 5.79. The minimum atomic E-state index is -4.38. The number of aryl methyl sites for hydroxylation is 2. The molecule has 2 unspecified atom stereocenters. The highest BCUT2D eigenvalue weighted by molar-refractivity contribution is 5.70. The molecule has 1 N–H and O–H groups in total. The lowest BCUT2D eigenvalue weighted by Gasteiger charge is -2.38. The predicted molar refractivity (Wildman–Crippen MR) is 101 cm³/mol. The molecular weight excluding hydrogens is 367 g/mol. The van der Waals surface area contributed by atoms with Crippen LogP contribution in [0.25, 0.3) is 0 Å². The molecular formula is C22H24F3NO2. The Morgan fingerprint density at radius 3 is 2.21 bits per heavy atom. The SMILES string of the molecule is Cc1cc(C)cc(C(c2ccc(C(F)(F)F)cc2)N2CCCC(C(=O)O)C2)c1. The Morgan fingerprint density at radius 2 is 1.68 bits per heavy atom. The summed E-state index contributed by atoms with van der Waals surface area (Å²) in [6.45, 7) is 5.06. The van der Waals surface area contributed by atoms with E-state index in [0.717, 1.165) is 40.8 Å². The number of piperidine rings is 1. The van der Waals surface area contributed by atoms with E-state index in [2.05, 4.69) is 4.90 Å². The van der Waals surface area contributed by atoms with Gasteiger partial charge in [-0.25, -0.2) is 0 Å². The van der Waals surface area contributed by atoms with Crippen LogP contribution in [-0.2, 0) is 11.0 Å². The number of likely N-dealkylation sites (tertiary alicyclic amines) is 1. The molecule has 1 saturated heterocycles. The molecule has 150 valence electrons. The third-order valence-corrected chi connectivity index (χ3v) is 5.28. The number of halogens is 3. The van der Waals surface area contributed by atoms with E-state index in [-0.39, 0.29) is 6.04 Å². The highest BCUT2D eigenvalue weighted by Gasteiger charge is 2.33. The Hall–Kier alpha value is -2.34. The average Bonchev–Trinajstić information content (AvgIpc) is 2.61. The Balaban J connectivity index is 2.03. The summed E-state index contributed by atoms with van der Waals surface area (Å²) in [5.41, 5.74) is 3.17. The maximum atomic E-state index is 13.0. The normalized spacial score (nSPS) is 19.4. The van der Waals surface area contributed by atoms with Crippen molar-refractivity contribution in [1.82, 2.24) is 4.90 Å². The summed E-state index contributed by atoms with van der Waals surface area (Å²) in [6, 6.07) is 11.0. The van der Waals surface area contributed by atoms with Crippen molar-refractivity contribution in [3.8, 4) is 0 Å². The molecule has 0 spiro atoms. The van der Waals surface area contributed by atoms with Crippen molar-refractivity contribution in [3.63, 3.8) is 0 Å². The molecule has 1 aliphatic heterocycles. The zero-order valence-corrected chi connectivity index (χ0v) is 16.0. The van der Waals surface area contributed by atoms with Crippen LogP contribution in [0.2, 0.25) is 0 Å². The van der Waals surface area contributed by atoms with Gasteiger partial charge in [0.15, 0.2) is 0 Å². The standard InChI is InChI=1S/C22H24F3NO2/c1-14-10-15(2)12-18(11-14)20(26-9-3-4-17(13-26)21(27)28)16-5-7-19(8-6-16)22(23,24)25/h5-8,10-12,17,20H,3-4,9,13H2,1-2H3,(H,27,28). The van der Waals surface area contributed by atoms with Crippen LogP contribution in [0, 0.1) is 19.8 Å². The van der Waals surface area contributed by atoms with Gasteiger partial charge in [-0.05, 0) is 56.5 Å². The fourth-order valence-corrected chi connectivity index (χ4v) is 4.08. The molecule has 2 atom stereocenters. The molecule has 1 fully saturated rings. The Labute approximate surface area is 162 Å². The maximum absolute atomic E-state index is 13.0. The quantitative estimate of drug-likeness (QED) is 0.778. The zero-order valence-electron chi connectivity index (χ0n) is 16.0. The highest BCUT2D eigenvalue weighted by atomic mass is 19.4. The lowest BCUT2D eigenvalue weighted by molar-refractivity contribution is -0.144. The van der Waals surface area contributed by atoms with E-state index >= 15 is 0 Å². The van der Waals surface area contributed by atoms with E-state index in [9.17, 15) is 23.1 Å². The monoisotopic (exact) mass is 391 g/mol. The molecule has 1 aliphatic rings. The molecule has 0 saturated carbocycles. The number of nitrogens with zero attached hydrogens (tertiary/aromatic N) is 1. The molecule has 1 heterocycles. The first-order valence-electron chi connectivity index (χ1n) is 9.37. The molecule has 2 aromatic rings. The lowest BCUT2D eigenvalue weighted by atomic mass is 9.90. The average molecular weight is 391 g/mol. The predicted octanol–water partition coefficient (Wildman–Crippen LogP) is 5.21. The van der Waals surface area contributed by atoms with E-state index < -0.39 is 23.6 Å². The molecule has 0 bridgehead atoms. The smallest absolute Gasteiger partial charge is 0.416 e. The van der Waals surface area contributed by atoms with Gasteiger partial charge in [0.1, 0.15) is 0 Å². The van der Waals surface area contributed by atoms with Crippen LogP contribution in [-0.4, -0.2) is 29.1 Å². The molecule has 0 aromatic heterocycles. The van der Waals surface area contributed by atoms with Gasteiger partial charge in [-0.2, -0.15) is 13.2 Å². The topological polar surface area (TPSA) is 40.5 Å². The molecule has 0 amide bonds. The third-order valence-electron chi connectivity index (χ3n) is 5.28. The summed E-state index contributed by atoms with van der Waals surface area (Å²) in [5, 5.41) is 9.44. The van der Waals surface area contributed by atoms with Crippen molar-refractivity contribution in [2.24, 2.45) is 5.92 Å². The minimum Gasteiger partial charge on any atom is -0.481 e. The summed E-state index contributed by atoms with van der Waals surface area (Å²) < 4.78 is 38.9. The number of hydrogen-bond donors (Lipinski definition) is 1. The van der Waals surface area contributed by atoms with Crippen LogP contribution >= 0.6 is 0 Å². The molecule has 28 heavy (non-hydrogen) atoms. The fourth-order valence-electron chi connectivity index (χ4n) is 4.08. The van der Waals surface area contributed by atoms with Gasteiger partial charge in [0, 0.05) is 6.54 Å². The van der Waals surface area contributed by atoms with E-state index in [4.69, 9.17) is 0 Å². The van der Waals surface area contributed by atoms with Crippen molar-refractivity contribution < 1.29 is 23.1 Å². The minimum absolute atomic E-state index is 0.275. The van der Waals surface area contributed by atoms with Crippen LogP contribution in [0.5, 0.6) is 0 Å². The first kappa shape index (κ1) is 20.4. The van der Waals surface area contributed by atoms with Crippen LogP contribution in [0.4, 0.5) is 13.2 Å². The van der Waals surface area contributed by atoms with Crippen molar-refractivity contribution >= 4 is 5.97 Å². The van der Waals surface area contributed by atoms with Crippen molar-refractivity contribution in [2.45, 2.75) is 38.9 Å². The second kappa shape index (κ2) is 7.95. The second-order valence-corrected chi connectivity index (χ2v) is 7.62. The number of alkyl halides is 3. The summed E-state index contributed by atoms with van der Waals surface area (Å²) in [5.74, 6) is -1.28. The molecule has 2 aromatic carbocycles. The Bertz CT molecular complexity index is 826. The number of rotatable bonds is 4. The van der Waals surface area contributed by atoms with Crippen LogP contribution in [0.3, 0.4) is 0 Å². The van der Waals surface area contributed by atoms with Crippen molar-refractivity contribution in [1.29, 1.82) is 0 Å². The van der Waals surface area contributed by atoms with Gasteiger partial charge in [0.25, 0.3) is 0 Å². The summed E-state index contributed by atoms with van der Waals surface area (Å²) in [4.78, 5) is 13.6. The van der Waals surface area contributed by atoms with Crippen LogP contribution < -0.4 is 0 Å². The summed E-state index contributed by atoms with van der Waals surface area (Å²) >= 11 is 0. The van der Waals surface area contributed by atoms with Crippen LogP contribution in [0.1, 0.15) is 46.7 Å². The van der Waals surface area contributed by atoms with Crippen molar-refractivity contribution in [3.05, 3.63) is 70.3 Å². The third kappa shape index (κ3) is 4.55. The van der Waals surface area contributed by atoms with Gasteiger partial charge in [0.2, 0.25) is 0 Å². The number of carboxylic acids is 1. The number of benzene rings is 2. The number of carbonyl (C=O) groups is 1. The van der Waals surface area contributed by atoms with E-state index in [0.29, 0.717) is 19.5 Å². The Morgan fingerprint density at radius 1 is 1.07 bits per heavy atom. The summed E-state index contributed by atoms with van der Waals surface area (Å²) in [7, 11) is 0. The van der Waals surface area contributed by atoms with E-state index in [1.807, 2.05) is 32.0 Å². The van der Waals surface area contributed by atoms with E-state index in [1.165, 1.54) is 12.1 Å². The van der Waals surface area contributed by atoms with Gasteiger partial charge < -0.3 is 5.11 Å². The number of hydrogen-bond acceptors (Lipinski definition) is 2. The van der Waals surface area contributed by atoms with Gasteiger partial charge in [-0.3, -0.25) is 9.69 Å². The first-order valence-corrected chi connectivity index (χ1v) is 9.37. The van der Waals surface area contributed by atoms with Gasteiger partial charge in [0.05, 0.1) is 17.5 Å². The zero-order chi connectivity index (χ0) is 20.5. The van der Waals surface area contributed by atoms with Gasteiger partial charge in [-0.1, -0.05) is 41.5 Å². The van der Waals surface area contributed by atoms with Crippen molar-refractivity contribution in [2.75, 3.05) is 13.1 Å². The molecule has 6 heteroatoms. The molecule has 0 aliphatic carbocycles. The molecule has 3 nitrogen and oxygen atoms in total. The maximum Gasteiger partial charge on any atom is 0.416 e. The second-order valence-electron chi connectivity index (χ2n) is 7.62.